The Bertz CT molecular complexity index is 420. The van der Waals surface area contributed by atoms with Gasteiger partial charge in [0.05, 0.1) is 0 Å². The molecule has 0 aromatic carbocycles. The van der Waals surface area contributed by atoms with E-state index in [9.17, 15) is 9.59 Å². The second-order valence-corrected chi connectivity index (χ2v) is 8.58. The van der Waals surface area contributed by atoms with Crippen molar-refractivity contribution in [2.24, 2.45) is 5.41 Å². The van der Waals surface area contributed by atoms with E-state index in [1.807, 2.05) is 13.8 Å². The Morgan fingerprint density at radius 2 is 1.35 bits per heavy atom. The summed E-state index contributed by atoms with van der Waals surface area (Å²) in [4.78, 5) is 21.8. The zero-order valence-corrected chi connectivity index (χ0v) is 18.0. The Morgan fingerprint density at radius 1 is 0.846 bits per heavy atom. The van der Waals surface area contributed by atoms with Crippen LogP contribution in [-0.2, 0) is 9.59 Å². The van der Waals surface area contributed by atoms with E-state index in [0.717, 1.165) is 19.4 Å². The zero-order valence-electron chi connectivity index (χ0n) is 18.0. The van der Waals surface area contributed by atoms with Crippen molar-refractivity contribution in [3.05, 3.63) is 25.3 Å². The molecule has 0 saturated carbocycles. The lowest BCUT2D eigenvalue weighted by Gasteiger charge is -2.32. The van der Waals surface area contributed by atoms with Crippen LogP contribution in [0.25, 0.3) is 0 Å². The average Bonchev–Trinajstić information content (AvgIpc) is 2.51. The van der Waals surface area contributed by atoms with Crippen LogP contribution in [0.1, 0.15) is 86.5 Å². The Morgan fingerprint density at radius 3 is 1.81 bits per heavy atom. The molecule has 0 aromatic rings. The maximum Gasteiger partial charge on any atom is 0.243 e. The van der Waals surface area contributed by atoms with Crippen LogP contribution in [0.2, 0.25) is 0 Å². The summed E-state index contributed by atoms with van der Waals surface area (Å²) < 4.78 is 0. The van der Waals surface area contributed by atoms with Gasteiger partial charge in [-0.2, -0.15) is 0 Å². The van der Waals surface area contributed by atoms with Gasteiger partial charge < -0.3 is 10.6 Å². The summed E-state index contributed by atoms with van der Waals surface area (Å²) in [5.74, 6) is -0.164. The van der Waals surface area contributed by atoms with Crippen LogP contribution in [0.4, 0.5) is 0 Å². The van der Waals surface area contributed by atoms with Crippen molar-refractivity contribution in [1.29, 1.82) is 0 Å². The molecular formula is C22H42N2O2. The minimum atomic E-state index is -0.163. The molecule has 0 aliphatic carbocycles. The van der Waals surface area contributed by atoms with Gasteiger partial charge in [-0.05, 0) is 44.3 Å². The summed E-state index contributed by atoms with van der Waals surface area (Å²) in [7, 11) is 0. The largest absolute Gasteiger partial charge is 0.353 e. The monoisotopic (exact) mass is 366 g/mol. The fraction of sp³-hybridized carbons (Fsp3) is 0.727. The lowest BCUT2D eigenvalue weighted by atomic mass is 9.82. The van der Waals surface area contributed by atoms with E-state index in [1.54, 1.807) is 0 Å². The van der Waals surface area contributed by atoms with Gasteiger partial charge in [-0.1, -0.05) is 73.0 Å². The molecule has 0 aliphatic heterocycles. The van der Waals surface area contributed by atoms with Crippen molar-refractivity contribution in [3.8, 4) is 0 Å². The first-order chi connectivity index (χ1) is 12.0. The first-order valence-corrected chi connectivity index (χ1v) is 9.82. The summed E-state index contributed by atoms with van der Waals surface area (Å²) in [6.07, 6.45) is 11.1. The number of carbonyl (C=O) groups is 2. The molecule has 0 spiro atoms. The lowest BCUT2D eigenvalue weighted by Crippen LogP contribution is -2.45. The highest BCUT2D eigenvalue weighted by Crippen LogP contribution is 2.26. The third-order valence-electron chi connectivity index (χ3n) is 3.63. The third kappa shape index (κ3) is 20.5. The van der Waals surface area contributed by atoms with Gasteiger partial charge >= 0.3 is 0 Å². The van der Waals surface area contributed by atoms with Crippen LogP contribution in [0.15, 0.2) is 25.3 Å². The summed E-state index contributed by atoms with van der Waals surface area (Å²) in [5.41, 5.74) is 0.0570. The molecule has 0 atom stereocenters. The molecule has 0 heterocycles. The van der Waals surface area contributed by atoms with Crippen molar-refractivity contribution in [2.45, 2.75) is 92.0 Å². The Hall–Kier alpha value is -1.58. The quantitative estimate of drug-likeness (QED) is 0.392. The van der Waals surface area contributed by atoms with E-state index in [4.69, 9.17) is 0 Å². The van der Waals surface area contributed by atoms with E-state index in [2.05, 4.69) is 51.5 Å². The predicted molar refractivity (Wildman–Crippen MR) is 113 cm³/mol. The molecule has 0 rings (SSSR count). The van der Waals surface area contributed by atoms with Crippen LogP contribution in [-0.4, -0.2) is 23.9 Å². The SMILES string of the molecule is C=CC(=O)NC(C)(C)CC(C)(C)C.C=CC(=O)NCCCCCCCC. The molecule has 0 bridgehead atoms. The highest BCUT2D eigenvalue weighted by molar-refractivity contribution is 5.87. The van der Waals surface area contributed by atoms with Crippen molar-refractivity contribution >= 4 is 11.8 Å². The summed E-state index contributed by atoms with van der Waals surface area (Å²) >= 11 is 0. The zero-order chi connectivity index (χ0) is 20.6. The van der Waals surface area contributed by atoms with Crippen LogP contribution >= 0.6 is 0 Å². The molecule has 2 N–H and O–H groups in total. The van der Waals surface area contributed by atoms with E-state index >= 15 is 0 Å². The number of amides is 2. The fourth-order valence-corrected chi connectivity index (χ4v) is 2.94. The smallest absolute Gasteiger partial charge is 0.243 e. The summed E-state index contributed by atoms with van der Waals surface area (Å²) in [6.45, 7) is 20.4. The van der Waals surface area contributed by atoms with Crippen LogP contribution in [0.5, 0.6) is 0 Å². The molecule has 0 aliphatic rings. The van der Waals surface area contributed by atoms with E-state index in [1.165, 1.54) is 44.3 Å². The van der Waals surface area contributed by atoms with E-state index in [-0.39, 0.29) is 22.8 Å². The van der Waals surface area contributed by atoms with Gasteiger partial charge in [0.2, 0.25) is 11.8 Å². The van der Waals surface area contributed by atoms with Gasteiger partial charge in [-0.3, -0.25) is 9.59 Å². The number of rotatable bonds is 11. The Labute approximate surface area is 161 Å². The van der Waals surface area contributed by atoms with Crippen LogP contribution in [0, 0.1) is 5.41 Å². The topological polar surface area (TPSA) is 58.2 Å². The van der Waals surface area contributed by atoms with Gasteiger partial charge in [-0.15, -0.1) is 0 Å². The van der Waals surface area contributed by atoms with Crippen molar-refractivity contribution in [3.63, 3.8) is 0 Å². The van der Waals surface area contributed by atoms with Crippen molar-refractivity contribution < 1.29 is 9.59 Å². The first-order valence-electron chi connectivity index (χ1n) is 9.82. The van der Waals surface area contributed by atoms with Gasteiger partial charge in [0, 0.05) is 12.1 Å². The third-order valence-corrected chi connectivity index (χ3v) is 3.63. The Balaban J connectivity index is 0. The molecule has 0 aromatic heterocycles. The Kier molecular flexibility index (Phi) is 14.9. The maximum absolute atomic E-state index is 11.1. The molecule has 2 amide bonds. The van der Waals surface area contributed by atoms with Crippen molar-refractivity contribution in [2.75, 3.05) is 6.54 Å². The maximum atomic E-state index is 11.1. The van der Waals surface area contributed by atoms with Crippen LogP contribution < -0.4 is 10.6 Å². The molecule has 4 nitrogen and oxygen atoms in total. The normalized spacial score (nSPS) is 11.0. The molecule has 152 valence electrons. The van der Waals surface area contributed by atoms with Crippen molar-refractivity contribution in [1.82, 2.24) is 10.6 Å². The van der Waals surface area contributed by atoms with E-state index in [0.29, 0.717) is 0 Å². The highest BCUT2D eigenvalue weighted by Gasteiger charge is 2.25. The number of unbranched alkanes of at least 4 members (excludes halogenated alkanes) is 5. The van der Waals surface area contributed by atoms with Crippen LogP contribution in [0.3, 0.4) is 0 Å². The van der Waals surface area contributed by atoms with Gasteiger partial charge in [0.25, 0.3) is 0 Å². The van der Waals surface area contributed by atoms with Gasteiger partial charge in [-0.25, -0.2) is 0 Å². The summed E-state index contributed by atoms with van der Waals surface area (Å²) in [5, 5.41) is 5.67. The molecule has 0 radical (unpaired) electrons. The van der Waals surface area contributed by atoms with E-state index < -0.39 is 0 Å². The molecule has 4 heteroatoms. The summed E-state index contributed by atoms with van der Waals surface area (Å²) in [6, 6.07) is 0. The number of hydrogen-bond donors (Lipinski definition) is 2. The predicted octanol–water partition coefficient (Wildman–Crippen LogP) is 5.15. The minimum Gasteiger partial charge on any atom is -0.353 e. The standard InChI is InChI=1S/2C11H21NO/c1-7-9(13)12-11(5,6)8-10(2,3)4;1-3-5-6-7-8-9-10-12-11(13)4-2/h7H,1,8H2,2-6H3,(H,12,13);4H,2-3,5-10H2,1H3,(H,12,13). The number of hydrogen-bond acceptors (Lipinski definition) is 2. The average molecular weight is 367 g/mol. The molecular weight excluding hydrogens is 324 g/mol. The van der Waals surface area contributed by atoms with Gasteiger partial charge in [0.1, 0.15) is 0 Å². The second kappa shape index (κ2) is 14.6. The second-order valence-electron chi connectivity index (χ2n) is 8.58. The lowest BCUT2D eigenvalue weighted by molar-refractivity contribution is -0.118. The molecule has 26 heavy (non-hydrogen) atoms. The molecule has 0 fully saturated rings. The number of carbonyl (C=O) groups excluding carboxylic acids is 2. The highest BCUT2D eigenvalue weighted by atomic mass is 16.2. The molecule has 0 unspecified atom stereocenters. The molecule has 0 saturated heterocycles. The first kappa shape index (κ1) is 26.6. The van der Waals surface area contributed by atoms with Gasteiger partial charge in [0.15, 0.2) is 0 Å². The minimum absolute atomic E-state index is 0.0615. The number of nitrogens with one attached hydrogen (secondary N) is 2. The fourth-order valence-electron chi connectivity index (χ4n) is 2.94.